The van der Waals surface area contributed by atoms with Crippen molar-refractivity contribution in [1.29, 1.82) is 5.26 Å². The molecule has 0 N–H and O–H groups in total. The van der Waals surface area contributed by atoms with Crippen LogP contribution in [0.4, 0.5) is 0 Å². The largest absolute Gasteiger partial charge is 0.197 e. The average Bonchev–Trinajstić information content (AvgIpc) is 1.93. The summed E-state index contributed by atoms with van der Waals surface area (Å²) in [5.41, 5.74) is -0.464. The molecule has 10 heavy (non-hydrogen) atoms. The molecular formula is C9H15N. The zero-order valence-corrected chi connectivity index (χ0v) is 7.45. The van der Waals surface area contributed by atoms with Crippen molar-refractivity contribution < 1.29 is 0 Å². The molecule has 0 radical (unpaired) electrons. The zero-order valence-electron chi connectivity index (χ0n) is 7.45. The molecule has 0 saturated carbocycles. The molecule has 0 aromatic rings. The minimum Gasteiger partial charge on any atom is -0.197 e. The van der Waals surface area contributed by atoms with Gasteiger partial charge < -0.3 is 0 Å². The molecule has 1 nitrogen and oxygen atoms in total. The summed E-state index contributed by atoms with van der Waals surface area (Å²) in [6.07, 6.45) is 0. The van der Waals surface area contributed by atoms with Crippen LogP contribution < -0.4 is 0 Å². The predicted molar refractivity (Wildman–Crippen MR) is 44.2 cm³/mol. The maximum Gasteiger partial charge on any atom is 0.112 e. The number of nitriles is 1. The lowest BCUT2D eigenvalue weighted by molar-refractivity contribution is 0.673. The Morgan fingerprint density at radius 1 is 1.20 bits per heavy atom. The molecule has 0 rings (SSSR count). The van der Waals surface area contributed by atoms with Gasteiger partial charge in [0.25, 0.3) is 0 Å². The summed E-state index contributed by atoms with van der Waals surface area (Å²) in [4.78, 5) is 0. The summed E-state index contributed by atoms with van der Waals surface area (Å²) in [7, 11) is 0. The van der Waals surface area contributed by atoms with Crippen LogP contribution in [0.25, 0.3) is 0 Å². The van der Waals surface area contributed by atoms with Crippen molar-refractivity contribution in [2.24, 2.45) is 5.41 Å². The van der Waals surface area contributed by atoms with Gasteiger partial charge in [0.2, 0.25) is 0 Å². The molecule has 0 saturated heterocycles. The minimum atomic E-state index is -0.464. The van der Waals surface area contributed by atoms with Gasteiger partial charge in [-0.1, -0.05) is 19.8 Å². The topological polar surface area (TPSA) is 23.8 Å². The van der Waals surface area contributed by atoms with E-state index in [1.807, 2.05) is 13.8 Å². The Hall–Kier alpha value is -0.950. The van der Waals surface area contributed by atoms with Crippen molar-refractivity contribution in [3.05, 3.63) is 0 Å². The van der Waals surface area contributed by atoms with Crippen LogP contribution in [0.1, 0.15) is 34.6 Å². The predicted octanol–water partition coefficient (Wildman–Crippen LogP) is 2.59. The molecule has 0 aromatic carbocycles. The molecule has 0 bridgehead atoms. The molecular weight excluding hydrogens is 122 g/mol. The first kappa shape index (κ1) is 11.8. The fourth-order valence-electron chi connectivity index (χ4n) is 0.340. The number of hydrogen-bond acceptors (Lipinski definition) is 1. The number of rotatable bonds is 0. The highest BCUT2D eigenvalue weighted by atomic mass is 14.3. The van der Waals surface area contributed by atoms with E-state index in [0.29, 0.717) is 0 Å². The van der Waals surface area contributed by atoms with Gasteiger partial charge >= 0.3 is 0 Å². The van der Waals surface area contributed by atoms with E-state index in [1.165, 1.54) is 0 Å². The molecule has 0 amide bonds. The Balaban J connectivity index is 0. The van der Waals surface area contributed by atoms with E-state index >= 15 is 0 Å². The van der Waals surface area contributed by atoms with Gasteiger partial charge in [-0.3, -0.25) is 0 Å². The van der Waals surface area contributed by atoms with Crippen LogP contribution in [0, 0.1) is 28.6 Å². The lowest BCUT2D eigenvalue weighted by Crippen LogP contribution is -2.02. The smallest absolute Gasteiger partial charge is 0.112 e. The summed E-state index contributed by atoms with van der Waals surface area (Å²) in [6, 6.07) is 2.07. The van der Waals surface area contributed by atoms with Crippen molar-refractivity contribution in [1.82, 2.24) is 0 Å². The zero-order chi connectivity index (χ0) is 8.62. The Kier molecular flexibility index (Phi) is 7.29. The Labute approximate surface area is 64.1 Å². The maximum atomic E-state index is 8.37. The van der Waals surface area contributed by atoms with Gasteiger partial charge in [0.15, 0.2) is 0 Å². The quantitative estimate of drug-likeness (QED) is 0.471. The molecule has 0 aliphatic heterocycles. The SMILES string of the molecule is CC.CC#CC(C)(C)C#N. The highest BCUT2D eigenvalue weighted by Crippen LogP contribution is 2.09. The molecule has 0 fully saturated rings. The van der Waals surface area contributed by atoms with Crippen LogP contribution in [0.3, 0.4) is 0 Å². The number of nitrogens with zero attached hydrogens (tertiary/aromatic N) is 1. The lowest BCUT2D eigenvalue weighted by Gasteiger charge is -2.01. The third kappa shape index (κ3) is 7.05. The van der Waals surface area contributed by atoms with Crippen molar-refractivity contribution in [2.45, 2.75) is 34.6 Å². The molecule has 0 spiro atoms. The van der Waals surface area contributed by atoms with E-state index < -0.39 is 5.41 Å². The molecule has 0 aliphatic carbocycles. The average molecular weight is 137 g/mol. The number of hydrogen-bond donors (Lipinski definition) is 0. The molecule has 0 aromatic heterocycles. The fraction of sp³-hybridized carbons (Fsp3) is 0.667. The Morgan fingerprint density at radius 2 is 1.60 bits per heavy atom. The summed E-state index contributed by atoms with van der Waals surface area (Å²) in [6.45, 7) is 9.33. The van der Waals surface area contributed by atoms with Gasteiger partial charge in [-0.25, -0.2) is 0 Å². The van der Waals surface area contributed by atoms with Crippen molar-refractivity contribution in [3.8, 4) is 17.9 Å². The van der Waals surface area contributed by atoms with E-state index in [9.17, 15) is 0 Å². The van der Waals surface area contributed by atoms with Gasteiger partial charge in [-0.2, -0.15) is 5.26 Å². The van der Waals surface area contributed by atoms with Gasteiger partial charge in [0.05, 0.1) is 6.07 Å². The van der Waals surface area contributed by atoms with Crippen molar-refractivity contribution in [2.75, 3.05) is 0 Å². The maximum absolute atomic E-state index is 8.37. The third-order valence-electron chi connectivity index (χ3n) is 0.717. The summed E-state index contributed by atoms with van der Waals surface area (Å²) in [5, 5.41) is 8.37. The normalized spacial score (nSPS) is 7.60. The Morgan fingerprint density at radius 3 is 1.70 bits per heavy atom. The van der Waals surface area contributed by atoms with E-state index in [-0.39, 0.29) is 0 Å². The lowest BCUT2D eigenvalue weighted by atomic mass is 9.97. The first-order valence-corrected chi connectivity index (χ1v) is 3.47. The van der Waals surface area contributed by atoms with Gasteiger partial charge in [-0.05, 0) is 20.8 Å². The fourth-order valence-corrected chi connectivity index (χ4v) is 0.340. The minimum absolute atomic E-state index is 0.464. The molecule has 1 heteroatoms. The van der Waals surface area contributed by atoms with Crippen LogP contribution >= 0.6 is 0 Å². The monoisotopic (exact) mass is 137 g/mol. The summed E-state index contributed by atoms with van der Waals surface area (Å²) < 4.78 is 0. The Bertz CT molecular complexity index is 161. The van der Waals surface area contributed by atoms with E-state index in [2.05, 4.69) is 17.9 Å². The van der Waals surface area contributed by atoms with Crippen molar-refractivity contribution >= 4 is 0 Å². The van der Waals surface area contributed by atoms with Crippen LogP contribution in [0.2, 0.25) is 0 Å². The van der Waals surface area contributed by atoms with E-state index in [4.69, 9.17) is 5.26 Å². The highest BCUT2D eigenvalue weighted by Gasteiger charge is 2.10. The van der Waals surface area contributed by atoms with Gasteiger partial charge in [0.1, 0.15) is 5.41 Å². The molecule has 0 unspecified atom stereocenters. The first-order chi connectivity index (χ1) is 4.62. The van der Waals surface area contributed by atoms with Gasteiger partial charge in [0, 0.05) is 0 Å². The van der Waals surface area contributed by atoms with Gasteiger partial charge in [-0.15, -0.1) is 5.92 Å². The molecule has 0 atom stereocenters. The van der Waals surface area contributed by atoms with E-state index in [1.54, 1.807) is 20.8 Å². The second-order valence-electron chi connectivity index (χ2n) is 2.11. The van der Waals surface area contributed by atoms with E-state index in [0.717, 1.165) is 0 Å². The summed E-state index contributed by atoms with van der Waals surface area (Å²) >= 11 is 0. The van der Waals surface area contributed by atoms with Crippen LogP contribution in [-0.4, -0.2) is 0 Å². The second kappa shape index (κ2) is 6.17. The second-order valence-corrected chi connectivity index (χ2v) is 2.11. The van der Waals surface area contributed by atoms with Crippen molar-refractivity contribution in [3.63, 3.8) is 0 Å². The summed E-state index contributed by atoms with van der Waals surface area (Å²) in [5.74, 6) is 5.45. The molecule has 0 aliphatic rings. The van der Waals surface area contributed by atoms with Crippen LogP contribution in [0.5, 0.6) is 0 Å². The third-order valence-corrected chi connectivity index (χ3v) is 0.717. The standard InChI is InChI=1S/C7H9N.C2H6/c1-4-5-7(2,3)6-8;1-2/h1-3H3;1-2H3. The molecule has 0 heterocycles. The molecule has 56 valence electrons. The van der Waals surface area contributed by atoms with Crippen LogP contribution in [-0.2, 0) is 0 Å². The highest BCUT2D eigenvalue weighted by molar-refractivity contribution is 5.16. The first-order valence-electron chi connectivity index (χ1n) is 3.47. The van der Waals surface area contributed by atoms with Crippen LogP contribution in [0.15, 0.2) is 0 Å².